The van der Waals surface area contributed by atoms with E-state index in [0.717, 1.165) is 0 Å². The highest BCUT2D eigenvalue weighted by molar-refractivity contribution is 5.98. The minimum atomic E-state index is -1.17. The molecule has 0 spiro atoms. The number of nitrogens with one attached hydrogen (secondary N) is 1. The van der Waals surface area contributed by atoms with Gasteiger partial charge < -0.3 is 24.9 Å². The van der Waals surface area contributed by atoms with E-state index in [1.165, 1.54) is 7.11 Å². The van der Waals surface area contributed by atoms with Crippen LogP contribution >= 0.6 is 0 Å². The average molecular weight is 354 g/mol. The molecule has 0 saturated carbocycles. The molecule has 1 atom stereocenters. The van der Waals surface area contributed by atoms with Gasteiger partial charge in [0, 0.05) is 17.0 Å². The maximum Gasteiger partial charge on any atom is 0.355 e. The van der Waals surface area contributed by atoms with Crippen molar-refractivity contribution in [2.45, 2.75) is 6.10 Å². The van der Waals surface area contributed by atoms with Crippen LogP contribution in [0.3, 0.4) is 0 Å². The summed E-state index contributed by atoms with van der Waals surface area (Å²) in [6.45, 7) is 0. The fourth-order valence-electron chi connectivity index (χ4n) is 2.66. The Morgan fingerprint density at radius 1 is 1.04 bits per heavy atom. The molecule has 1 amide bonds. The van der Waals surface area contributed by atoms with Gasteiger partial charge in [-0.15, -0.1) is 0 Å². The molecule has 0 saturated heterocycles. The van der Waals surface area contributed by atoms with Crippen molar-refractivity contribution in [1.82, 2.24) is 4.98 Å². The molecule has 0 unspecified atom stereocenters. The number of amides is 1. The van der Waals surface area contributed by atoms with Gasteiger partial charge in [0.2, 0.25) is 6.10 Å². The molecule has 0 aliphatic carbocycles. The Morgan fingerprint density at radius 3 is 2.38 bits per heavy atom. The Kier molecular flexibility index (Phi) is 4.79. The lowest BCUT2D eigenvalue weighted by atomic mass is 10.1. The zero-order valence-electron chi connectivity index (χ0n) is 14.3. The summed E-state index contributed by atoms with van der Waals surface area (Å²) < 4.78 is 15.9. The number of nitrogens with two attached hydrogens (primary N) is 1. The van der Waals surface area contributed by atoms with E-state index in [-0.39, 0.29) is 5.69 Å². The molecule has 7 heteroatoms. The third-order valence-electron chi connectivity index (χ3n) is 3.93. The first-order valence-corrected chi connectivity index (χ1v) is 7.83. The highest BCUT2D eigenvalue weighted by Gasteiger charge is 2.24. The molecule has 0 radical (unpaired) electrons. The fourth-order valence-corrected chi connectivity index (χ4v) is 2.66. The quantitative estimate of drug-likeness (QED) is 0.662. The van der Waals surface area contributed by atoms with Gasteiger partial charge >= 0.3 is 5.97 Å². The average Bonchev–Trinajstić information content (AvgIpc) is 3.09. The molecule has 3 N–H and O–H groups in total. The summed E-state index contributed by atoms with van der Waals surface area (Å²) in [4.78, 5) is 27.2. The standard InChI is InChI=1S/C19H18N2O5/c1-24-13-8-12-9-14(21-16(12)15(10-13)25-2)19(23)26-17(18(20)22)11-6-4-3-5-7-11/h3-10,17,21H,1-2H3,(H2,20,22)/t17-/m0/s1. The number of H-pyrrole nitrogens is 1. The summed E-state index contributed by atoms with van der Waals surface area (Å²) in [6.07, 6.45) is -1.17. The van der Waals surface area contributed by atoms with E-state index in [1.54, 1.807) is 55.6 Å². The highest BCUT2D eigenvalue weighted by Crippen LogP contribution is 2.31. The third kappa shape index (κ3) is 3.32. The van der Waals surface area contributed by atoms with Crippen LogP contribution in [0.5, 0.6) is 11.5 Å². The van der Waals surface area contributed by atoms with Gasteiger partial charge in [0.25, 0.3) is 5.91 Å². The highest BCUT2D eigenvalue weighted by atomic mass is 16.5. The summed E-state index contributed by atoms with van der Waals surface area (Å²) >= 11 is 0. The van der Waals surface area contributed by atoms with E-state index >= 15 is 0 Å². The van der Waals surface area contributed by atoms with Gasteiger partial charge in [-0.2, -0.15) is 0 Å². The summed E-state index contributed by atoms with van der Waals surface area (Å²) in [7, 11) is 3.06. The second-order valence-electron chi connectivity index (χ2n) is 5.58. The SMILES string of the molecule is COc1cc(OC)c2[nH]c(C(=O)O[C@H](C(N)=O)c3ccccc3)cc2c1. The molecule has 0 aliphatic heterocycles. The van der Waals surface area contributed by atoms with Crippen LogP contribution in [0, 0.1) is 0 Å². The second-order valence-corrected chi connectivity index (χ2v) is 5.58. The molecule has 134 valence electrons. The number of fused-ring (bicyclic) bond motifs is 1. The molecule has 3 aromatic rings. The van der Waals surface area contributed by atoms with E-state index in [0.29, 0.717) is 28.0 Å². The van der Waals surface area contributed by atoms with Gasteiger partial charge in [-0.1, -0.05) is 30.3 Å². The van der Waals surface area contributed by atoms with Crippen LogP contribution in [0.15, 0.2) is 48.5 Å². The molecule has 1 heterocycles. The van der Waals surface area contributed by atoms with Gasteiger partial charge in [0.1, 0.15) is 17.2 Å². The van der Waals surface area contributed by atoms with Gasteiger partial charge in [-0.05, 0) is 12.1 Å². The van der Waals surface area contributed by atoms with Crippen molar-refractivity contribution in [2.75, 3.05) is 14.2 Å². The first-order chi connectivity index (χ1) is 12.5. The van der Waals surface area contributed by atoms with Crippen molar-refractivity contribution < 1.29 is 23.8 Å². The number of methoxy groups -OCH3 is 2. The van der Waals surface area contributed by atoms with Crippen molar-refractivity contribution in [1.29, 1.82) is 0 Å². The lowest BCUT2D eigenvalue weighted by molar-refractivity contribution is -0.127. The lowest BCUT2D eigenvalue weighted by Gasteiger charge is -2.14. The van der Waals surface area contributed by atoms with Crippen LogP contribution in [-0.4, -0.2) is 31.1 Å². The molecule has 0 bridgehead atoms. The second kappa shape index (κ2) is 7.18. The Labute approximate surface area is 149 Å². The maximum absolute atomic E-state index is 12.5. The number of aromatic amines is 1. The number of ether oxygens (including phenoxy) is 3. The smallest absolute Gasteiger partial charge is 0.355 e. The topological polar surface area (TPSA) is 104 Å². The van der Waals surface area contributed by atoms with E-state index in [1.807, 2.05) is 0 Å². The number of aromatic nitrogens is 1. The number of esters is 1. The van der Waals surface area contributed by atoms with Crippen LogP contribution in [-0.2, 0) is 9.53 Å². The monoisotopic (exact) mass is 354 g/mol. The summed E-state index contributed by atoms with van der Waals surface area (Å²) in [5, 5.41) is 0.712. The number of hydrogen-bond donors (Lipinski definition) is 2. The largest absolute Gasteiger partial charge is 0.497 e. The van der Waals surface area contributed by atoms with Crippen LogP contribution in [0.25, 0.3) is 10.9 Å². The number of hydrogen-bond acceptors (Lipinski definition) is 5. The van der Waals surface area contributed by atoms with E-state index in [4.69, 9.17) is 19.9 Å². The zero-order chi connectivity index (χ0) is 18.7. The summed E-state index contributed by atoms with van der Waals surface area (Å²) in [5.41, 5.74) is 6.69. The molecule has 0 fully saturated rings. The Balaban J connectivity index is 1.93. The van der Waals surface area contributed by atoms with Crippen LogP contribution in [0.2, 0.25) is 0 Å². The van der Waals surface area contributed by atoms with Gasteiger partial charge in [-0.3, -0.25) is 4.79 Å². The van der Waals surface area contributed by atoms with Crippen molar-refractivity contribution >= 4 is 22.8 Å². The van der Waals surface area contributed by atoms with Crippen LogP contribution in [0.1, 0.15) is 22.2 Å². The molecular formula is C19H18N2O5. The van der Waals surface area contributed by atoms with E-state index in [9.17, 15) is 9.59 Å². The maximum atomic E-state index is 12.5. The predicted molar refractivity (Wildman–Crippen MR) is 95.2 cm³/mol. The van der Waals surface area contributed by atoms with Crippen molar-refractivity contribution in [3.63, 3.8) is 0 Å². The van der Waals surface area contributed by atoms with Gasteiger partial charge in [0.15, 0.2) is 0 Å². The minimum absolute atomic E-state index is 0.175. The fraction of sp³-hybridized carbons (Fsp3) is 0.158. The predicted octanol–water partition coefficient (Wildman–Crippen LogP) is 2.57. The van der Waals surface area contributed by atoms with Crippen molar-refractivity contribution in [2.24, 2.45) is 5.73 Å². The number of carbonyl (C=O) groups excluding carboxylic acids is 2. The zero-order valence-corrected chi connectivity index (χ0v) is 14.3. The minimum Gasteiger partial charge on any atom is -0.497 e. The number of carbonyl (C=O) groups is 2. The molecule has 1 aromatic heterocycles. The molecule has 2 aromatic carbocycles. The van der Waals surface area contributed by atoms with Crippen molar-refractivity contribution in [3.05, 3.63) is 59.8 Å². The molecular weight excluding hydrogens is 336 g/mol. The lowest BCUT2D eigenvalue weighted by Crippen LogP contribution is -2.26. The Bertz CT molecular complexity index is 949. The van der Waals surface area contributed by atoms with Crippen LogP contribution < -0.4 is 15.2 Å². The van der Waals surface area contributed by atoms with Gasteiger partial charge in [0.05, 0.1) is 19.7 Å². The normalized spacial score (nSPS) is 11.8. The van der Waals surface area contributed by atoms with E-state index in [2.05, 4.69) is 4.98 Å². The Morgan fingerprint density at radius 2 is 1.77 bits per heavy atom. The number of primary amides is 1. The Hall–Kier alpha value is -3.48. The van der Waals surface area contributed by atoms with E-state index < -0.39 is 18.0 Å². The van der Waals surface area contributed by atoms with Crippen molar-refractivity contribution in [3.8, 4) is 11.5 Å². The first-order valence-electron chi connectivity index (χ1n) is 7.83. The molecule has 3 rings (SSSR count). The third-order valence-corrected chi connectivity index (χ3v) is 3.93. The number of rotatable bonds is 6. The summed E-state index contributed by atoms with van der Waals surface area (Å²) in [5.74, 6) is -0.338. The number of benzene rings is 2. The summed E-state index contributed by atoms with van der Waals surface area (Å²) in [6, 6.07) is 13.7. The molecule has 0 aliphatic rings. The van der Waals surface area contributed by atoms with Gasteiger partial charge in [-0.25, -0.2) is 4.79 Å². The molecule has 7 nitrogen and oxygen atoms in total. The van der Waals surface area contributed by atoms with Crippen LogP contribution in [0.4, 0.5) is 0 Å². The molecule has 26 heavy (non-hydrogen) atoms. The first kappa shape index (κ1) is 17.3.